The van der Waals surface area contributed by atoms with Crippen LogP contribution in [0.1, 0.15) is 16.1 Å². The Balaban J connectivity index is 1.86. The fourth-order valence-corrected chi connectivity index (χ4v) is 2.27. The lowest BCUT2D eigenvalue weighted by Crippen LogP contribution is -2.15. The molecule has 3 aromatic rings. The Bertz CT molecular complexity index is 986. The molecule has 0 aliphatic rings. The molecule has 0 radical (unpaired) electrons. The quantitative estimate of drug-likeness (QED) is 0.779. The zero-order chi connectivity index (χ0) is 18.5. The van der Waals surface area contributed by atoms with Gasteiger partial charge in [0.2, 0.25) is 0 Å². The maximum Gasteiger partial charge on any atom is 0.274 e. The third-order valence-corrected chi connectivity index (χ3v) is 3.58. The van der Waals surface area contributed by atoms with Gasteiger partial charge in [-0.05, 0) is 30.3 Å². The summed E-state index contributed by atoms with van der Waals surface area (Å²) in [6, 6.07) is 8.94. The van der Waals surface area contributed by atoms with Crippen molar-refractivity contribution in [1.29, 1.82) is 5.26 Å². The zero-order valence-electron chi connectivity index (χ0n) is 13.7. The lowest BCUT2D eigenvalue weighted by molar-refractivity contribution is 0.102. The minimum Gasteiger partial charge on any atom is -0.342 e. The molecule has 1 amide bonds. The Labute approximate surface area is 148 Å². The number of benzene rings is 1. The van der Waals surface area contributed by atoms with Crippen LogP contribution in [0.2, 0.25) is 0 Å². The number of anilines is 3. The number of nitrogens with one attached hydrogen (secondary N) is 1. The van der Waals surface area contributed by atoms with E-state index in [1.54, 1.807) is 30.4 Å². The Kier molecular flexibility index (Phi) is 4.80. The van der Waals surface area contributed by atoms with E-state index in [0.29, 0.717) is 16.9 Å². The second-order valence-electron chi connectivity index (χ2n) is 5.35. The first kappa shape index (κ1) is 17.0. The van der Waals surface area contributed by atoms with Gasteiger partial charge in [-0.15, -0.1) is 0 Å². The van der Waals surface area contributed by atoms with Crippen LogP contribution in [0, 0.1) is 17.1 Å². The van der Waals surface area contributed by atoms with Crippen molar-refractivity contribution >= 4 is 23.0 Å². The van der Waals surface area contributed by atoms with Gasteiger partial charge in [0.1, 0.15) is 17.8 Å². The molecule has 0 saturated heterocycles. The highest BCUT2D eigenvalue weighted by Gasteiger charge is 2.12. The molecule has 8 heteroatoms. The molecule has 0 aliphatic heterocycles. The fraction of sp³-hybridized carbons (Fsp3) is 0.0556. The van der Waals surface area contributed by atoms with E-state index in [9.17, 15) is 9.18 Å². The van der Waals surface area contributed by atoms with Crippen LogP contribution in [-0.4, -0.2) is 27.9 Å². The smallest absolute Gasteiger partial charge is 0.274 e. The second kappa shape index (κ2) is 7.36. The predicted octanol–water partition coefficient (Wildman–Crippen LogP) is 2.90. The highest BCUT2D eigenvalue weighted by molar-refractivity contribution is 6.03. The number of carbonyl (C=O) groups excluding carboxylic acids is 1. The molecular formula is C18H13FN6O. The third-order valence-electron chi connectivity index (χ3n) is 3.58. The summed E-state index contributed by atoms with van der Waals surface area (Å²) in [4.78, 5) is 25.8. The topological polar surface area (TPSA) is 94.8 Å². The average Bonchev–Trinajstić information content (AvgIpc) is 2.67. The number of amides is 1. The van der Waals surface area contributed by atoms with Gasteiger partial charge in [0, 0.05) is 24.6 Å². The van der Waals surface area contributed by atoms with Crippen molar-refractivity contribution in [3.63, 3.8) is 0 Å². The number of hydrogen-bond donors (Lipinski definition) is 1. The maximum absolute atomic E-state index is 14.0. The SMILES string of the molecule is CN(c1cncnc1)c1cc(F)cc(NC(=O)c2cc(C#N)ccn2)c1. The van der Waals surface area contributed by atoms with Crippen molar-refractivity contribution in [3.8, 4) is 6.07 Å². The number of carbonyl (C=O) groups is 1. The van der Waals surface area contributed by atoms with E-state index in [4.69, 9.17) is 5.26 Å². The standard InChI is InChI=1S/C18H13FN6O/c1-25(16-9-21-11-22-10-16)15-6-13(19)5-14(7-15)24-18(26)17-4-12(8-20)2-3-23-17/h2-7,9-11H,1H3,(H,24,26). The molecule has 0 bridgehead atoms. The number of hydrogen-bond acceptors (Lipinski definition) is 6. The van der Waals surface area contributed by atoms with Gasteiger partial charge in [-0.3, -0.25) is 9.78 Å². The fourth-order valence-electron chi connectivity index (χ4n) is 2.27. The van der Waals surface area contributed by atoms with Gasteiger partial charge >= 0.3 is 0 Å². The monoisotopic (exact) mass is 348 g/mol. The van der Waals surface area contributed by atoms with Gasteiger partial charge in [0.15, 0.2) is 0 Å². The molecule has 128 valence electrons. The number of aromatic nitrogens is 3. The molecular weight excluding hydrogens is 335 g/mol. The Morgan fingerprint density at radius 2 is 1.96 bits per heavy atom. The number of nitrogens with zero attached hydrogens (tertiary/aromatic N) is 5. The van der Waals surface area contributed by atoms with Gasteiger partial charge in [0.05, 0.1) is 29.7 Å². The van der Waals surface area contributed by atoms with Crippen molar-refractivity contribution in [2.24, 2.45) is 0 Å². The summed E-state index contributed by atoms with van der Waals surface area (Å²) in [6.45, 7) is 0. The highest BCUT2D eigenvalue weighted by Crippen LogP contribution is 2.26. The molecule has 3 rings (SSSR count). The Morgan fingerprint density at radius 3 is 2.69 bits per heavy atom. The Morgan fingerprint density at radius 1 is 1.19 bits per heavy atom. The minimum atomic E-state index is -0.538. The van der Waals surface area contributed by atoms with Gasteiger partial charge in [0.25, 0.3) is 5.91 Å². The van der Waals surface area contributed by atoms with Gasteiger partial charge in [-0.1, -0.05) is 0 Å². The third kappa shape index (κ3) is 3.79. The summed E-state index contributed by atoms with van der Waals surface area (Å²) < 4.78 is 14.0. The summed E-state index contributed by atoms with van der Waals surface area (Å²) >= 11 is 0. The predicted molar refractivity (Wildman–Crippen MR) is 93.4 cm³/mol. The Hall–Kier alpha value is -3.86. The maximum atomic E-state index is 14.0. The molecule has 0 fully saturated rings. The molecule has 1 N–H and O–H groups in total. The van der Waals surface area contributed by atoms with Crippen LogP contribution in [0.15, 0.2) is 55.2 Å². The van der Waals surface area contributed by atoms with E-state index in [-0.39, 0.29) is 11.4 Å². The highest BCUT2D eigenvalue weighted by atomic mass is 19.1. The van der Waals surface area contributed by atoms with Crippen molar-refractivity contribution in [3.05, 3.63) is 72.3 Å². The van der Waals surface area contributed by atoms with Gasteiger partial charge in [-0.2, -0.15) is 5.26 Å². The molecule has 0 atom stereocenters. The number of nitriles is 1. The van der Waals surface area contributed by atoms with E-state index in [2.05, 4.69) is 20.3 Å². The van der Waals surface area contributed by atoms with Crippen molar-refractivity contribution in [1.82, 2.24) is 15.0 Å². The normalized spacial score (nSPS) is 10.0. The van der Waals surface area contributed by atoms with Crippen LogP contribution in [0.4, 0.5) is 21.5 Å². The summed E-state index contributed by atoms with van der Waals surface area (Å²) in [5, 5.41) is 11.5. The van der Waals surface area contributed by atoms with E-state index in [1.807, 2.05) is 6.07 Å². The first-order chi connectivity index (χ1) is 12.6. The molecule has 0 saturated carbocycles. The van der Waals surface area contributed by atoms with Crippen LogP contribution >= 0.6 is 0 Å². The van der Waals surface area contributed by atoms with Gasteiger partial charge in [-0.25, -0.2) is 14.4 Å². The van der Waals surface area contributed by atoms with E-state index in [1.165, 1.54) is 36.8 Å². The summed E-state index contributed by atoms with van der Waals surface area (Å²) in [6.07, 6.45) is 5.95. The molecule has 2 heterocycles. The van der Waals surface area contributed by atoms with Crippen LogP contribution in [-0.2, 0) is 0 Å². The molecule has 1 aromatic carbocycles. The number of pyridine rings is 1. The van der Waals surface area contributed by atoms with Crippen molar-refractivity contribution in [2.75, 3.05) is 17.3 Å². The van der Waals surface area contributed by atoms with Crippen LogP contribution < -0.4 is 10.2 Å². The summed E-state index contributed by atoms with van der Waals surface area (Å²) in [7, 11) is 1.73. The molecule has 0 unspecified atom stereocenters. The molecule has 7 nitrogen and oxygen atoms in total. The second-order valence-corrected chi connectivity index (χ2v) is 5.35. The van der Waals surface area contributed by atoms with E-state index in [0.717, 1.165) is 0 Å². The lowest BCUT2D eigenvalue weighted by Gasteiger charge is -2.19. The summed E-state index contributed by atoms with van der Waals surface area (Å²) in [5.41, 5.74) is 1.82. The molecule has 2 aromatic heterocycles. The van der Waals surface area contributed by atoms with E-state index < -0.39 is 11.7 Å². The van der Waals surface area contributed by atoms with Crippen molar-refractivity contribution in [2.45, 2.75) is 0 Å². The van der Waals surface area contributed by atoms with Crippen LogP contribution in [0.3, 0.4) is 0 Å². The van der Waals surface area contributed by atoms with E-state index >= 15 is 0 Å². The van der Waals surface area contributed by atoms with Crippen molar-refractivity contribution < 1.29 is 9.18 Å². The largest absolute Gasteiger partial charge is 0.342 e. The molecule has 26 heavy (non-hydrogen) atoms. The minimum absolute atomic E-state index is 0.0691. The average molecular weight is 348 g/mol. The first-order valence-corrected chi connectivity index (χ1v) is 7.53. The first-order valence-electron chi connectivity index (χ1n) is 7.53. The number of halogens is 1. The lowest BCUT2D eigenvalue weighted by atomic mass is 10.2. The number of rotatable bonds is 4. The summed E-state index contributed by atoms with van der Waals surface area (Å²) in [5.74, 6) is -1.05. The van der Waals surface area contributed by atoms with Gasteiger partial charge < -0.3 is 10.2 Å². The van der Waals surface area contributed by atoms with Crippen LogP contribution in [0.25, 0.3) is 0 Å². The molecule has 0 aliphatic carbocycles. The zero-order valence-corrected chi connectivity index (χ0v) is 13.7. The molecule has 0 spiro atoms. The van der Waals surface area contributed by atoms with Crippen LogP contribution in [0.5, 0.6) is 0 Å².